The van der Waals surface area contributed by atoms with E-state index in [4.69, 9.17) is 4.42 Å². The molecule has 0 saturated carbocycles. The van der Waals surface area contributed by atoms with Gasteiger partial charge in [-0.1, -0.05) is 29.8 Å². The average Bonchev–Trinajstić information content (AvgIpc) is 3.22. The van der Waals surface area contributed by atoms with Crippen LogP contribution in [0.25, 0.3) is 11.5 Å². The Morgan fingerprint density at radius 2 is 1.71 bits per heavy atom. The molecule has 0 bridgehead atoms. The fraction of sp³-hybridized carbons (Fsp3) is 0.360. The number of nitrogens with one attached hydrogen (secondary N) is 1. The van der Waals surface area contributed by atoms with Crippen LogP contribution in [0.15, 0.2) is 53.1 Å². The quantitative estimate of drug-likeness (QED) is 0.655. The van der Waals surface area contributed by atoms with Gasteiger partial charge in [0.15, 0.2) is 0 Å². The number of carbonyl (C=O) groups excluding carboxylic acids is 1. The standard InChI is InChI=1S/C25H30N4O2/c1-18-7-9-21(10-8-18)25-26-22(17-31-25)15-28-11-13-29(14-12-28)16-24(30)27-23-6-4-5-19(2)20(23)3/h4-10,17H,11-16H2,1-3H3,(H,27,30). The summed E-state index contributed by atoms with van der Waals surface area (Å²) in [4.78, 5) is 21.7. The first-order valence-corrected chi connectivity index (χ1v) is 10.8. The third-order valence-corrected chi connectivity index (χ3v) is 5.95. The Morgan fingerprint density at radius 1 is 1.00 bits per heavy atom. The summed E-state index contributed by atoms with van der Waals surface area (Å²) in [5.41, 5.74) is 6.37. The highest BCUT2D eigenvalue weighted by Gasteiger charge is 2.20. The number of rotatable bonds is 6. The summed E-state index contributed by atoms with van der Waals surface area (Å²) in [7, 11) is 0. The third-order valence-electron chi connectivity index (χ3n) is 5.95. The molecule has 1 fully saturated rings. The van der Waals surface area contributed by atoms with E-state index in [1.807, 2.05) is 31.2 Å². The van der Waals surface area contributed by atoms with Crippen molar-refractivity contribution >= 4 is 11.6 Å². The van der Waals surface area contributed by atoms with E-state index in [0.29, 0.717) is 12.4 Å². The zero-order valence-electron chi connectivity index (χ0n) is 18.5. The summed E-state index contributed by atoms with van der Waals surface area (Å²) >= 11 is 0. The molecular formula is C25H30N4O2. The molecule has 6 heteroatoms. The molecule has 1 N–H and O–H groups in total. The molecule has 1 aromatic heterocycles. The van der Waals surface area contributed by atoms with Crippen molar-refractivity contribution in [2.45, 2.75) is 27.3 Å². The van der Waals surface area contributed by atoms with E-state index >= 15 is 0 Å². The Labute approximate surface area is 183 Å². The van der Waals surface area contributed by atoms with Crippen LogP contribution in [0.3, 0.4) is 0 Å². The number of hydrogen-bond acceptors (Lipinski definition) is 5. The van der Waals surface area contributed by atoms with E-state index in [1.54, 1.807) is 6.26 Å². The van der Waals surface area contributed by atoms with E-state index < -0.39 is 0 Å². The van der Waals surface area contributed by atoms with Crippen molar-refractivity contribution in [1.82, 2.24) is 14.8 Å². The van der Waals surface area contributed by atoms with E-state index in [9.17, 15) is 4.79 Å². The first-order valence-electron chi connectivity index (χ1n) is 10.8. The first kappa shape index (κ1) is 21.3. The lowest BCUT2D eigenvalue weighted by Gasteiger charge is -2.33. The lowest BCUT2D eigenvalue weighted by molar-refractivity contribution is -0.117. The second kappa shape index (κ2) is 9.45. The molecule has 0 radical (unpaired) electrons. The second-order valence-electron chi connectivity index (χ2n) is 8.36. The lowest BCUT2D eigenvalue weighted by atomic mass is 10.1. The van der Waals surface area contributed by atoms with Gasteiger partial charge in [0.25, 0.3) is 0 Å². The molecule has 1 aliphatic rings. The van der Waals surface area contributed by atoms with Gasteiger partial charge in [-0.15, -0.1) is 0 Å². The normalized spacial score (nSPS) is 15.2. The van der Waals surface area contributed by atoms with E-state index in [-0.39, 0.29) is 5.91 Å². The smallest absolute Gasteiger partial charge is 0.238 e. The van der Waals surface area contributed by atoms with Crippen LogP contribution in [0.4, 0.5) is 5.69 Å². The Bertz CT molecular complexity index is 1030. The van der Waals surface area contributed by atoms with Crippen molar-refractivity contribution in [2.75, 3.05) is 38.0 Å². The van der Waals surface area contributed by atoms with Crippen molar-refractivity contribution < 1.29 is 9.21 Å². The number of benzene rings is 2. The van der Waals surface area contributed by atoms with Crippen LogP contribution in [-0.2, 0) is 11.3 Å². The molecule has 31 heavy (non-hydrogen) atoms. The van der Waals surface area contributed by atoms with Gasteiger partial charge in [-0.3, -0.25) is 14.6 Å². The number of nitrogens with zero attached hydrogens (tertiary/aromatic N) is 3. The van der Waals surface area contributed by atoms with Gasteiger partial charge in [0, 0.05) is 44.0 Å². The molecule has 6 nitrogen and oxygen atoms in total. The van der Waals surface area contributed by atoms with Crippen LogP contribution in [0.1, 0.15) is 22.4 Å². The molecular weight excluding hydrogens is 388 g/mol. The molecule has 4 rings (SSSR count). The van der Waals surface area contributed by atoms with Crippen molar-refractivity contribution in [1.29, 1.82) is 0 Å². The number of piperazine rings is 1. The van der Waals surface area contributed by atoms with Gasteiger partial charge < -0.3 is 9.73 Å². The Hall–Kier alpha value is -2.96. The second-order valence-corrected chi connectivity index (χ2v) is 8.36. The molecule has 2 aromatic carbocycles. The highest BCUT2D eigenvalue weighted by Crippen LogP contribution is 2.20. The van der Waals surface area contributed by atoms with Crippen molar-refractivity contribution in [2.24, 2.45) is 0 Å². The molecule has 0 spiro atoms. The Kier molecular flexibility index (Phi) is 6.49. The number of anilines is 1. The molecule has 1 saturated heterocycles. The Morgan fingerprint density at radius 3 is 2.45 bits per heavy atom. The fourth-order valence-electron chi connectivity index (χ4n) is 3.82. The van der Waals surface area contributed by atoms with Crippen molar-refractivity contribution in [3.8, 4) is 11.5 Å². The highest BCUT2D eigenvalue weighted by molar-refractivity contribution is 5.93. The number of hydrogen-bond donors (Lipinski definition) is 1. The van der Waals surface area contributed by atoms with Crippen molar-refractivity contribution in [3.05, 3.63) is 71.1 Å². The topological polar surface area (TPSA) is 61.6 Å². The number of aryl methyl sites for hydroxylation is 2. The highest BCUT2D eigenvalue weighted by atomic mass is 16.3. The average molecular weight is 419 g/mol. The van der Waals surface area contributed by atoms with Crippen LogP contribution in [-0.4, -0.2) is 53.4 Å². The van der Waals surface area contributed by atoms with Gasteiger partial charge >= 0.3 is 0 Å². The summed E-state index contributed by atoms with van der Waals surface area (Å²) in [5.74, 6) is 0.707. The maximum Gasteiger partial charge on any atom is 0.238 e. The SMILES string of the molecule is Cc1ccc(-c2nc(CN3CCN(CC(=O)Nc4cccc(C)c4C)CC3)co2)cc1. The minimum Gasteiger partial charge on any atom is -0.444 e. The molecule has 1 amide bonds. The van der Waals surface area contributed by atoms with Gasteiger partial charge in [-0.25, -0.2) is 4.98 Å². The van der Waals surface area contributed by atoms with Crippen LogP contribution in [0.5, 0.6) is 0 Å². The molecule has 0 atom stereocenters. The number of aromatic nitrogens is 1. The molecule has 0 unspecified atom stereocenters. The van der Waals surface area contributed by atoms with Gasteiger partial charge in [-0.2, -0.15) is 0 Å². The number of amides is 1. The van der Waals surface area contributed by atoms with Crippen LogP contribution in [0, 0.1) is 20.8 Å². The van der Waals surface area contributed by atoms with Crippen LogP contribution in [0.2, 0.25) is 0 Å². The zero-order valence-corrected chi connectivity index (χ0v) is 18.5. The van der Waals surface area contributed by atoms with Crippen LogP contribution < -0.4 is 5.32 Å². The van der Waals surface area contributed by atoms with Crippen molar-refractivity contribution in [3.63, 3.8) is 0 Å². The van der Waals surface area contributed by atoms with Gasteiger partial charge in [0.05, 0.1) is 12.2 Å². The van der Waals surface area contributed by atoms with Crippen LogP contribution >= 0.6 is 0 Å². The minimum atomic E-state index is 0.0430. The third kappa shape index (κ3) is 5.40. The summed E-state index contributed by atoms with van der Waals surface area (Å²) < 4.78 is 5.68. The van der Waals surface area contributed by atoms with Gasteiger partial charge in [0.2, 0.25) is 11.8 Å². The molecule has 2 heterocycles. The molecule has 162 valence electrons. The maximum atomic E-state index is 12.5. The summed E-state index contributed by atoms with van der Waals surface area (Å²) in [5, 5.41) is 3.05. The molecule has 3 aromatic rings. The summed E-state index contributed by atoms with van der Waals surface area (Å²) in [6.07, 6.45) is 1.75. The predicted molar refractivity (Wildman–Crippen MR) is 123 cm³/mol. The van der Waals surface area contributed by atoms with E-state index in [1.165, 1.54) is 11.1 Å². The Balaban J connectivity index is 1.25. The monoisotopic (exact) mass is 418 g/mol. The fourth-order valence-corrected chi connectivity index (χ4v) is 3.82. The number of oxazole rings is 1. The summed E-state index contributed by atoms with van der Waals surface area (Å²) in [6, 6.07) is 14.2. The summed E-state index contributed by atoms with van der Waals surface area (Å²) in [6.45, 7) is 10.9. The zero-order chi connectivity index (χ0) is 21.8. The maximum absolute atomic E-state index is 12.5. The minimum absolute atomic E-state index is 0.0430. The molecule has 0 aliphatic carbocycles. The molecule has 1 aliphatic heterocycles. The largest absolute Gasteiger partial charge is 0.444 e. The van der Waals surface area contributed by atoms with Gasteiger partial charge in [-0.05, 0) is 50.1 Å². The first-order chi connectivity index (χ1) is 15.0. The predicted octanol–water partition coefficient (Wildman–Crippen LogP) is 4.02. The van der Waals surface area contributed by atoms with E-state index in [2.05, 4.69) is 52.1 Å². The van der Waals surface area contributed by atoms with Gasteiger partial charge in [0.1, 0.15) is 6.26 Å². The van der Waals surface area contributed by atoms with E-state index in [0.717, 1.165) is 55.2 Å². The lowest BCUT2D eigenvalue weighted by Crippen LogP contribution is -2.48. The number of carbonyl (C=O) groups is 1.